The molecule has 2 aliphatic rings. The lowest BCUT2D eigenvalue weighted by Crippen LogP contribution is -2.50. The first-order valence-electron chi connectivity index (χ1n) is 9.87. The summed E-state index contributed by atoms with van der Waals surface area (Å²) in [7, 11) is 3.57. The van der Waals surface area contributed by atoms with Gasteiger partial charge in [0.2, 0.25) is 0 Å². The summed E-state index contributed by atoms with van der Waals surface area (Å²) in [5.74, 6) is 1.81. The van der Waals surface area contributed by atoms with E-state index in [1.165, 1.54) is 44.3 Å². The molecule has 2 fully saturated rings. The number of likely N-dealkylation sites (tertiary alicyclic amines) is 1. The van der Waals surface area contributed by atoms with Crippen molar-refractivity contribution in [3.05, 3.63) is 29.8 Å². The zero-order valence-electron chi connectivity index (χ0n) is 16.7. The number of nitrogens with one attached hydrogen (secondary N) is 2. The summed E-state index contributed by atoms with van der Waals surface area (Å²) in [6.07, 6.45) is 5.22. The number of guanidine groups is 1. The van der Waals surface area contributed by atoms with Crippen LogP contribution in [0.15, 0.2) is 29.3 Å². The van der Waals surface area contributed by atoms with Crippen LogP contribution < -0.4 is 15.4 Å². The number of hydrogen-bond acceptors (Lipinski definition) is 3. The molecule has 0 unspecified atom stereocenters. The van der Waals surface area contributed by atoms with Gasteiger partial charge in [-0.25, -0.2) is 0 Å². The molecule has 1 aliphatic carbocycles. The van der Waals surface area contributed by atoms with Gasteiger partial charge in [-0.1, -0.05) is 26.0 Å². The van der Waals surface area contributed by atoms with Gasteiger partial charge < -0.3 is 20.3 Å². The van der Waals surface area contributed by atoms with Gasteiger partial charge in [-0.05, 0) is 43.4 Å². The number of aliphatic imine (C=N–C) groups is 1. The Morgan fingerprint density at radius 3 is 2.58 bits per heavy atom. The van der Waals surface area contributed by atoms with Crippen molar-refractivity contribution in [1.82, 2.24) is 15.5 Å². The summed E-state index contributed by atoms with van der Waals surface area (Å²) in [6, 6.07) is 9.73. The molecule has 0 aromatic heterocycles. The average molecular weight is 359 g/mol. The van der Waals surface area contributed by atoms with E-state index in [0.717, 1.165) is 24.3 Å². The third-order valence-electron chi connectivity index (χ3n) is 5.71. The molecule has 3 rings (SSSR count). The monoisotopic (exact) mass is 358 g/mol. The number of ether oxygens (including phenoxy) is 1. The van der Waals surface area contributed by atoms with Crippen LogP contribution in [0.5, 0.6) is 5.75 Å². The van der Waals surface area contributed by atoms with Gasteiger partial charge in [-0.3, -0.25) is 4.99 Å². The highest BCUT2D eigenvalue weighted by atomic mass is 16.5. The molecule has 1 saturated carbocycles. The average Bonchev–Trinajstić information content (AvgIpc) is 3.51. The van der Waals surface area contributed by atoms with Crippen LogP contribution in [-0.4, -0.2) is 56.7 Å². The summed E-state index contributed by atoms with van der Waals surface area (Å²) in [4.78, 5) is 7.09. The van der Waals surface area contributed by atoms with E-state index in [9.17, 15) is 0 Å². The topological polar surface area (TPSA) is 48.9 Å². The quantitative estimate of drug-likeness (QED) is 0.606. The molecule has 0 atom stereocenters. The molecule has 1 saturated heterocycles. The molecular weight excluding hydrogens is 324 g/mol. The van der Waals surface area contributed by atoms with Crippen molar-refractivity contribution in [2.75, 3.05) is 33.8 Å². The van der Waals surface area contributed by atoms with Crippen molar-refractivity contribution in [3.8, 4) is 5.75 Å². The number of hydrogen-bond donors (Lipinski definition) is 2. The molecule has 1 aromatic rings. The minimum absolute atomic E-state index is 0.0124. The van der Waals surface area contributed by atoms with Crippen molar-refractivity contribution < 1.29 is 4.74 Å². The molecule has 0 spiro atoms. The highest BCUT2D eigenvalue weighted by molar-refractivity contribution is 5.80. The van der Waals surface area contributed by atoms with Crippen LogP contribution in [0, 0.1) is 0 Å². The minimum Gasteiger partial charge on any atom is -0.497 e. The van der Waals surface area contributed by atoms with Crippen molar-refractivity contribution in [3.63, 3.8) is 0 Å². The minimum atomic E-state index is -0.0124. The Hall–Kier alpha value is -1.75. The summed E-state index contributed by atoms with van der Waals surface area (Å²) < 4.78 is 5.37. The second-order valence-electron chi connectivity index (χ2n) is 8.23. The molecule has 26 heavy (non-hydrogen) atoms. The number of rotatable bonds is 6. The van der Waals surface area contributed by atoms with Crippen LogP contribution in [0.2, 0.25) is 0 Å². The standard InChI is InChI=1S/C21H34N4O/c1-21(2,16-6-5-7-19(14-16)26-4)15-23-20(22-3)24-17-10-12-25(13-11-17)18-8-9-18/h5-7,14,17-18H,8-13,15H2,1-4H3,(H2,22,23,24). The largest absolute Gasteiger partial charge is 0.497 e. The number of nitrogens with zero attached hydrogens (tertiary/aromatic N) is 2. The second-order valence-corrected chi connectivity index (χ2v) is 8.23. The summed E-state index contributed by atoms with van der Waals surface area (Å²) in [6.45, 7) is 7.75. The number of piperidine rings is 1. The lowest BCUT2D eigenvalue weighted by molar-refractivity contribution is 0.197. The lowest BCUT2D eigenvalue weighted by Gasteiger charge is -2.34. The van der Waals surface area contributed by atoms with E-state index in [2.05, 4.69) is 52.6 Å². The van der Waals surface area contributed by atoms with Crippen LogP contribution in [0.25, 0.3) is 0 Å². The Bertz CT molecular complexity index is 616. The van der Waals surface area contributed by atoms with Crippen LogP contribution in [-0.2, 0) is 5.41 Å². The maximum atomic E-state index is 5.37. The predicted molar refractivity (Wildman–Crippen MR) is 108 cm³/mol. The van der Waals surface area contributed by atoms with Crippen molar-refractivity contribution in [1.29, 1.82) is 0 Å². The van der Waals surface area contributed by atoms with Gasteiger partial charge in [-0.15, -0.1) is 0 Å². The zero-order valence-corrected chi connectivity index (χ0v) is 16.7. The van der Waals surface area contributed by atoms with E-state index in [1.54, 1.807) is 7.11 Å². The third kappa shape index (κ3) is 4.91. The molecule has 5 heteroatoms. The van der Waals surface area contributed by atoms with Gasteiger partial charge in [0.1, 0.15) is 5.75 Å². The van der Waals surface area contributed by atoms with E-state index < -0.39 is 0 Å². The van der Waals surface area contributed by atoms with Gasteiger partial charge in [0.05, 0.1) is 7.11 Å². The van der Waals surface area contributed by atoms with E-state index in [-0.39, 0.29) is 5.41 Å². The van der Waals surface area contributed by atoms with Gasteiger partial charge in [0.25, 0.3) is 0 Å². The second kappa shape index (κ2) is 8.30. The number of methoxy groups -OCH3 is 1. The van der Waals surface area contributed by atoms with Gasteiger partial charge in [0.15, 0.2) is 5.96 Å². The first kappa shape index (κ1) is 19.0. The van der Waals surface area contributed by atoms with E-state index in [1.807, 2.05) is 13.1 Å². The molecular formula is C21H34N4O. The first-order chi connectivity index (χ1) is 12.5. The van der Waals surface area contributed by atoms with Gasteiger partial charge >= 0.3 is 0 Å². The predicted octanol–water partition coefficient (Wildman–Crippen LogP) is 2.76. The highest BCUT2D eigenvalue weighted by Gasteiger charge is 2.32. The summed E-state index contributed by atoms with van der Waals surface area (Å²) in [5.41, 5.74) is 1.25. The van der Waals surface area contributed by atoms with E-state index >= 15 is 0 Å². The molecule has 0 radical (unpaired) electrons. The lowest BCUT2D eigenvalue weighted by atomic mass is 9.84. The smallest absolute Gasteiger partial charge is 0.191 e. The van der Waals surface area contributed by atoms with Crippen molar-refractivity contribution >= 4 is 5.96 Å². The molecule has 0 amide bonds. The Kier molecular flexibility index (Phi) is 6.07. The van der Waals surface area contributed by atoms with Gasteiger partial charge in [-0.2, -0.15) is 0 Å². The summed E-state index contributed by atoms with van der Waals surface area (Å²) in [5, 5.41) is 7.14. The molecule has 5 nitrogen and oxygen atoms in total. The molecule has 2 N–H and O–H groups in total. The Morgan fingerprint density at radius 2 is 1.96 bits per heavy atom. The van der Waals surface area contributed by atoms with Crippen LogP contribution >= 0.6 is 0 Å². The van der Waals surface area contributed by atoms with Gasteiger partial charge in [0, 0.05) is 44.2 Å². The molecule has 0 bridgehead atoms. The highest BCUT2D eigenvalue weighted by Crippen LogP contribution is 2.29. The fourth-order valence-electron chi connectivity index (χ4n) is 3.69. The third-order valence-corrected chi connectivity index (χ3v) is 5.71. The van der Waals surface area contributed by atoms with Crippen LogP contribution in [0.3, 0.4) is 0 Å². The normalized spacial score (nSPS) is 20.1. The number of benzene rings is 1. The van der Waals surface area contributed by atoms with Crippen molar-refractivity contribution in [2.24, 2.45) is 4.99 Å². The van der Waals surface area contributed by atoms with E-state index in [0.29, 0.717) is 6.04 Å². The van der Waals surface area contributed by atoms with Crippen molar-refractivity contribution in [2.45, 2.75) is 57.0 Å². The van der Waals surface area contributed by atoms with Crippen LogP contribution in [0.1, 0.15) is 45.1 Å². The Morgan fingerprint density at radius 1 is 1.23 bits per heavy atom. The molecule has 1 heterocycles. The fourth-order valence-corrected chi connectivity index (χ4v) is 3.69. The SMILES string of the molecule is CN=C(NCC(C)(C)c1cccc(OC)c1)NC1CCN(C2CC2)CC1. The molecule has 144 valence electrons. The fraction of sp³-hybridized carbons (Fsp3) is 0.667. The Balaban J connectivity index is 1.50. The zero-order chi connectivity index (χ0) is 18.6. The van der Waals surface area contributed by atoms with Crippen LogP contribution in [0.4, 0.5) is 0 Å². The first-order valence-corrected chi connectivity index (χ1v) is 9.87. The molecule has 1 aliphatic heterocycles. The summed E-state index contributed by atoms with van der Waals surface area (Å²) >= 11 is 0. The maximum absolute atomic E-state index is 5.37. The van der Waals surface area contributed by atoms with E-state index in [4.69, 9.17) is 4.74 Å². The molecule has 1 aromatic carbocycles. The Labute approximate surface area is 158 Å². The maximum Gasteiger partial charge on any atom is 0.191 e.